The van der Waals surface area contributed by atoms with E-state index in [1.54, 1.807) is 12.5 Å². The van der Waals surface area contributed by atoms with E-state index in [0.717, 1.165) is 25.9 Å². The monoisotopic (exact) mass is 398 g/mol. The molecule has 2 heterocycles. The van der Waals surface area contributed by atoms with Crippen LogP contribution in [0.15, 0.2) is 5.38 Å². The van der Waals surface area contributed by atoms with Gasteiger partial charge in [0.2, 0.25) is 5.91 Å². The molecule has 2 rings (SSSR count). The minimum Gasteiger partial charge on any atom is -0.384 e. The van der Waals surface area contributed by atoms with E-state index in [0.29, 0.717) is 24.0 Å². The van der Waals surface area contributed by atoms with Gasteiger partial charge in [-0.05, 0) is 25.9 Å². The lowest BCUT2D eigenvalue weighted by Crippen LogP contribution is -2.47. The normalized spacial score (nSPS) is 15.6. The first-order valence-electron chi connectivity index (χ1n) is 7.26. The van der Waals surface area contributed by atoms with E-state index >= 15 is 0 Å². The van der Waals surface area contributed by atoms with E-state index in [2.05, 4.69) is 20.9 Å². The van der Waals surface area contributed by atoms with Gasteiger partial charge in [0, 0.05) is 31.4 Å². The van der Waals surface area contributed by atoms with Crippen LogP contribution in [0, 0.1) is 5.41 Å². The number of carbonyl (C=O) groups excluding carboxylic acids is 2. The summed E-state index contributed by atoms with van der Waals surface area (Å²) >= 11 is 1.24. The molecule has 1 aromatic heterocycles. The van der Waals surface area contributed by atoms with Crippen molar-refractivity contribution in [3.05, 3.63) is 11.1 Å². The summed E-state index contributed by atoms with van der Waals surface area (Å²) in [5.74, 6) is -0.420. The predicted octanol–water partition coefficient (Wildman–Crippen LogP) is 1.69. The molecule has 0 saturated carbocycles. The second-order valence-electron chi connectivity index (χ2n) is 5.58. The Morgan fingerprint density at radius 3 is 2.62 bits per heavy atom. The molecule has 1 fully saturated rings. The molecule has 0 radical (unpaired) electrons. The van der Waals surface area contributed by atoms with Crippen molar-refractivity contribution in [1.82, 2.24) is 15.6 Å². The minimum absolute atomic E-state index is 0. The first-order valence-corrected chi connectivity index (χ1v) is 8.14. The van der Waals surface area contributed by atoms with Crippen molar-refractivity contribution in [3.63, 3.8) is 0 Å². The molecule has 1 aromatic rings. The maximum Gasteiger partial charge on any atom is 0.270 e. The Hall–Kier alpha value is -0.930. The molecule has 2 amide bonds. The van der Waals surface area contributed by atoms with Gasteiger partial charge in [0.1, 0.15) is 5.69 Å². The SMILES string of the molecule is COCC1(CNC(=O)c2csc(NC(C)=O)n2)CCNCC1.Cl.Cl. The lowest BCUT2D eigenvalue weighted by Gasteiger charge is -2.37. The molecule has 1 aliphatic heterocycles. The van der Waals surface area contributed by atoms with Crippen LogP contribution in [0.25, 0.3) is 0 Å². The van der Waals surface area contributed by atoms with Crippen LogP contribution >= 0.6 is 36.2 Å². The maximum absolute atomic E-state index is 12.2. The van der Waals surface area contributed by atoms with Crippen molar-refractivity contribution < 1.29 is 14.3 Å². The average molecular weight is 399 g/mol. The van der Waals surface area contributed by atoms with Crippen LogP contribution in [0.4, 0.5) is 5.13 Å². The lowest BCUT2D eigenvalue weighted by atomic mass is 9.79. The molecule has 0 spiro atoms. The van der Waals surface area contributed by atoms with Crippen LogP contribution in [0.3, 0.4) is 0 Å². The van der Waals surface area contributed by atoms with Gasteiger partial charge in [0.25, 0.3) is 5.91 Å². The number of nitrogens with one attached hydrogen (secondary N) is 3. The number of carbonyl (C=O) groups is 2. The van der Waals surface area contributed by atoms with E-state index in [1.807, 2.05) is 0 Å². The van der Waals surface area contributed by atoms with Gasteiger partial charge in [0.05, 0.1) is 6.61 Å². The number of piperidine rings is 1. The summed E-state index contributed by atoms with van der Waals surface area (Å²) in [6.45, 7) is 4.47. The third kappa shape index (κ3) is 6.52. The molecule has 1 saturated heterocycles. The molecule has 1 aliphatic rings. The fourth-order valence-electron chi connectivity index (χ4n) is 2.58. The van der Waals surface area contributed by atoms with Crippen LogP contribution in [0.5, 0.6) is 0 Å². The summed E-state index contributed by atoms with van der Waals surface area (Å²) in [6.07, 6.45) is 1.94. The van der Waals surface area contributed by atoms with Gasteiger partial charge in [-0.1, -0.05) is 0 Å². The van der Waals surface area contributed by atoms with Crippen molar-refractivity contribution in [2.24, 2.45) is 5.41 Å². The van der Waals surface area contributed by atoms with Gasteiger partial charge in [-0.25, -0.2) is 4.98 Å². The van der Waals surface area contributed by atoms with Crippen molar-refractivity contribution in [1.29, 1.82) is 0 Å². The number of aromatic nitrogens is 1. The Balaban J connectivity index is 0.00000264. The fraction of sp³-hybridized carbons (Fsp3) is 0.643. The number of rotatable bonds is 6. The maximum atomic E-state index is 12.2. The van der Waals surface area contributed by atoms with Crippen molar-refractivity contribution in [2.45, 2.75) is 19.8 Å². The zero-order valence-electron chi connectivity index (χ0n) is 13.7. The molecule has 0 aromatic carbocycles. The molecule has 0 atom stereocenters. The topological polar surface area (TPSA) is 92.4 Å². The third-order valence-electron chi connectivity index (χ3n) is 3.76. The zero-order valence-corrected chi connectivity index (χ0v) is 16.2. The van der Waals surface area contributed by atoms with E-state index in [-0.39, 0.29) is 42.0 Å². The number of hydrogen-bond acceptors (Lipinski definition) is 6. The van der Waals surface area contributed by atoms with E-state index < -0.39 is 0 Å². The van der Waals surface area contributed by atoms with Gasteiger partial charge < -0.3 is 20.7 Å². The fourth-order valence-corrected chi connectivity index (χ4v) is 3.32. The quantitative estimate of drug-likeness (QED) is 0.677. The highest BCUT2D eigenvalue weighted by molar-refractivity contribution is 7.14. The zero-order chi connectivity index (χ0) is 16.0. The molecular weight excluding hydrogens is 375 g/mol. The highest BCUT2D eigenvalue weighted by Crippen LogP contribution is 2.28. The number of thiazole rings is 1. The lowest BCUT2D eigenvalue weighted by molar-refractivity contribution is -0.114. The summed E-state index contributed by atoms with van der Waals surface area (Å²) in [6, 6.07) is 0. The van der Waals surface area contributed by atoms with E-state index in [1.165, 1.54) is 18.3 Å². The Bertz CT molecular complexity index is 530. The summed E-state index contributed by atoms with van der Waals surface area (Å²) in [4.78, 5) is 27.3. The first kappa shape index (κ1) is 23.1. The molecule has 138 valence electrons. The largest absolute Gasteiger partial charge is 0.384 e. The summed E-state index contributed by atoms with van der Waals surface area (Å²) in [7, 11) is 1.69. The van der Waals surface area contributed by atoms with Gasteiger partial charge >= 0.3 is 0 Å². The average Bonchev–Trinajstić information content (AvgIpc) is 2.94. The molecule has 0 bridgehead atoms. The molecule has 3 N–H and O–H groups in total. The van der Waals surface area contributed by atoms with Crippen LogP contribution in [0.2, 0.25) is 0 Å². The molecule has 0 aliphatic carbocycles. The van der Waals surface area contributed by atoms with Crippen molar-refractivity contribution >= 4 is 53.1 Å². The van der Waals surface area contributed by atoms with Crippen LogP contribution in [0.1, 0.15) is 30.3 Å². The number of nitrogens with zero attached hydrogens (tertiary/aromatic N) is 1. The second kappa shape index (κ2) is 10.8. The highest BCUT2D eigenvalue weighted by Gasteiger charge is 2.32. The van der Waals surface area contributed by atoms with Gasteiger partial charge in [-0.15, -0.1) is 36.2 Å². The van der Waals surface area contributed by atoms with Gasteiger partial charge in [-0.2, -0.15) is 0 Å². The number of hydrogen-bond donors (Lipinski definition) is 3. The molecule has 24 heavy (non-hydrogen) atoms. The number of anilines is 1. The molecule has 7 nitrogen and oxygen atoms in total. The smallest absolute Gasteiger partial charge is 0.270 e. The number of amides is 2. The standard InChI is InChI=1S/C14H22N4O3S.2ClH/c1-10(19)17-13-18-11(7-22-13)12(20)16-8-14(9-21-2)3-5-15-6-4-14;;/h7,15H,3-6,8-9H2,1-2H3,(H,16,20)(H,17,18,19);2*1H. The Labute approximate surface area is 158 Å². The van der Waals surface area contributed by atoms with Crippen molar-refractivity contribution in [2.75, 3.05) is 38.7 Å². The second-order valence-corrected chi connectivity index (χ2v) is 6.44. The van der Waals surface area contributed by atoms with Crippen LogP contribution in [-0.2, 0) is 9.53 Å². The van der Waals surface area contributed by atoms with Gasteiger partial charge in [-0.3, -0.25) is 9.59 Å². The predicted molar refractivity (Wildman–Crippen MR) is 99.7 cm³/mol. The summed E-state index contributed by atoms with van der Waals surface area (Å²) < 4.78 is 5.33. The Morgan fingerprint density at radius 2 is 2.04 bits per heavy atom. The van der Waals surface area contributed by atoms with E-state index in [9.17, 15) is 9.59 Å². The molecule has 0 unspecified atom stereocenters. The number of methoxy groups -OCH3 is 1. The Morgan fingerprint density at radius 1 is 1.38 bits per heavy atom. The summed E-state index contributed by atoms with van der Waals surface area (Å²) in [5.41, 5.74) is 0.307. The van der Waals surface area contributed by atoms with E-state index in [4.69, 9.17) is 4.74 Å². The Kier molecular flexibility index (Phi) is 10.4. The number of halogens is 2. The van der Waals surface area contributed by atoms with Crippen LogP contribution in [-0.4, -0.2) is 50.1 Å². The minimum atomic E-state index is -0.220. The first-order chi connectivity index (χ1) is 10.5. The highest BCUT2D eigenvalue weighted by atomic mass is 35.5. The van der Waals surface area contributed by atoms with Gasteiger partial charge in [0.15, 0.2) is 5.13 Å². The third-order valence-corrected chi connectivity index (χ3v) is 4.52. The van der Waals surface area contributed by atoms with Crippen molar-refractivity contribution in [3.8, 4) is 0 Å². The summed E-state index contributed by atoms with van der Waals surface area (Å²) in [5, 5.41) is 10.9. The number of ether oxygens (including phenoxy) is 1. The molecule has 10 heteroatoms. The molecular formula is C14H24Cl2N4O3S. The van der Waals surface area contributed by atoms with Crippen LogP contribution < -0.4 is 16.0 Å².